The number of aryl methyl sites for hydroxylation is 1. The molecule has 1 aliphatic rings. The normalized spacial score (nSPS) is 16.7. The van der Waals surface area contributed by atoms with Crippen molar-refractivity contribution in [3.05, 3.63) is 12.3 Å². The molecule has 0 saturated heterocycles. The first kappa shape index (κ1) is 12.4. The maximum atomic E-state index is 11.7. The summed E-state index contributed by atoms with van der Waals surface area (Å²) in [5, 5.41) is 18.2. The van der Waals surface area contributed by atoms with E-state index in [2.05, 4.69) is 15.7 Å². The third kappa shape index (κ3) is 2.79. The van der Waals surface area contributed by atoms with Gasteiger partial charge in [-0.3, -0.25) is 14.8 Å². The highest BCUT2D eigenvalue weighted by Gasteiger charge is 2.40. The Hall–Kier alpha value is -2.05. The topological polar surface area (TPSA) is 96.2 Å². The number of carbonyl (C=O) groups excluding carboxylic acids is 1. The summed E-state index contributed by atoms with van der Waals surface area (Å²) in [6.45, 7) is 0. The number of hydrogen-bond acceptors (Lipinski definition) is 3. The van der Waals surface area contributed by atoms with Gasteiger partial charge in [0.15, 0.2) is 5.82 Å². The number of anilines is 1. The van der Waals surface area contributed by atoms with Crippen molar-refractivity contribution in [2.45, 2.75) is 31.2 Å². The Bertz CT molecular complexity index is 465. The lowest BCUT2D eigenvalue weighted by molar-refractivity contribution is -0.139. The van der Waals surface area contributed by atoms with Crippen molar-refractivity contribution in [1.82, 2.24) is 15.1 Å². The molecule has 0 spiro atoms. The van der Waals surface area contributed by atoms with Gasteiger partial charge in [-0.1, -0.05) is 0 Å². The quantitative estimate of drug-likeness (QED) is 0.743. The molecule has 0 atom stereocenters. The van der Waals surface area contributed by atoms with Gasteiger partial charge in [-0.05, 0) is 19.3 Å². The number of amides is 2. The lowest BCUT2D eigenvalue weighted by Crippen LogP contribution is -2.55. The molecule has 1 aliphatic carbocycles. The van der Waals surface area contributed by atoms with Crippen molar-refractivity contribution in [1.29, 1.82) is 0 Å². The van der Waals surface area contributed by atoms with Gasteiger partial charge >= 0.3 is 12.0 Å². The van der Waals surface area contributed by atoms with Crippen LogP contribution in [0.2, 0.25) is 0 Å². The van der Waals surface area contributed by atoms with E-state index in [4.69, 9.17) is 5.11 Å². The molecule has 7 heteroatoms. The first-order valence-electron chi connectivity index (χ1n) is 5.80. The molecular weight excluding hydrogens is 236 g/mol. The zero-order valence-corrected chi connectivity index (χ0v) is 10.1. The molecule has 98 valence electrons. The monoisotopic (exact) mass is 252 g/mol. The lowest BCUT2D eigenvalue weighted by Gasteiger charge is -2.41. The molecule has 1 aromatic rings. The van der Waals surface area contributed by atoms with Crippen LogP contribution in [-0.4, -0.2) is 32.4 Å². The molecule has 3 N–H and O–H groups in total. The van der Waals surface area contributed by atoms with E-state index in [0.29, 0.717) is 18.7 Å². The molecule has 1 aromatic heterocycles. The number of carboxylic acid groups (broad SMARTS) is 1. The highest BCUT2D eigenvalue weighted by Crippen LogP contribution is 2.34. The smallest absolute Gasteiger partial charge is 0.320 e. The Morgan fingerprint density at radius 1 is 1.56 bits per heavy atom. The summed E-state index contributed by atoms with van der Waals surface area (Å²) in [6.07, 6.45) is 4.02. The van der Waals surface area contributed by atoms with Crippen molar-refractivity contribution in [3.63, 3.8) is 0 Å². The van der Waals surface area contributed by atoms with Crippen LogP contribution in [0.5, 0.6) is 0 Å². The molecule has 7 nitrogen and oxygen atoms in total. The van der Waals surface area contributed by atoms with Gasteiger partial charge in [-0.2, -0.15) is 5.10 Å². The first-order valence-corrected chi connectivity index (χ1v) is 5.80. The Labute approximate surface area is 104 Å². The first-order chi connectivity index (χ1) is 8.49. The van der Waals surface area contributed by atoms with Crippen molar-refractivity contribution in [2.75, 3.05) is 5.32 Å². The van der Waals surface area contributed by atoms with Crippen LogP contribution in [0.25, 0.3) is 0 Å². The van der Waals surface area contributed by atoms with E-state index in [0.717, 1.165) is 6.42 Å². The number of nitrogens with one attached hydrogen (secondary N) is 2. The van der Waals surface area contributed by atoms with E-state index in [1.807, 2.05) is 0 Å². The van der Waals surface area contributed by atoms with Crippen LogP contribution < -0.4 is 10.6 Å². The second kappa shape index (κ2) is 4.67. The number of carbonyl (C=O) groups is 2. The third-order valence-electron chi connectivity index (χ3n) is 3.13. The highest BCUT2D eigenvalue weighted by molar-refractivity contribution is 5.89. The summed E-state index contributed by atoms with van der Waals surface area (Å²) in [6, 6.07) is 1.26. The molecule has 0 unspecified atom stereocenters. The Balaban J connectivity index is 1.91. The van der Waals surface area contributed by atoms with Crippen LogP contribution in [-0.2, 0) is 11.8 Å². The van der Waals surface area contributed by atoms with Crippen molar-refractivity contribution in [3.8, 4) is 0 Å². The fourth-order valence-electron chi connectivity index (χ4n) is 2.11. The lowest BCUT2D eigenvalue weighted by atomic mass is 9.74. The highest BCUT2D eigenvalue weighted by atomic mass is 16.4. The standard InChI is InChI=1S/C11H16N4O3/c1-15-6-3-8(14-15)12-10(18)13-11(4-2-5-11)7-9(16)17/h3,6H,2,4-5,7H2,1H3,(H,16,17)(H2,12,13,14,18). The minimum absolute atomic E-state index is 0.0390. The number of aliphatic carboxylic acids is 1. The van der Waals surface area contributed by atoms with E-state index in [1.54, 1.807) is 24.0 Å². The summed E-state index contributed by atoms with van der Waals surface area (Å²) < 4.78 is 1.58. The molecule has 2 amide bonds. The molecule has 0 radical (unpaired) electrons. The second-order valence-electron chi connectivity index (χ2n) is 4.66. The molecule has 1 fully saturated rings. The van der Waals surface area contributed by atoms with Crippen molar-refractivity contribution < 1.29 is 14.7 Å². The van der Waals surface area contributed by atoms with E-state index in [-0.39, 0.29) is 6.42 Å². The van der Waals surface area contributed by atoms with E-state index >= 15 is 0 Å². The van der Waals surface area contributed by atoms with Gasteiger partial charge in [0.05, 0.1) is 12.0 Å². The van der Waals surface area contributed by atoms with Gasteiger partial charge in [-0.25, -0.2) is 4.79 Å². The van der Waals surface area contributed by atoms with Crippen molar-refractivity contribution in [2.24, 2.45) is 7.05 Å². The molecule has 18 heavy (non-hydrogen) atoms. The fourth-order valence-corrected chi connectivity index (χ4v) is 2.11. The van der Waals surface area contributed by atoms with E-state index in [1.165, 1.54) is 0 Å². The SMILES string of the molecule is Cn1ccc(NC(=O)NC2(CC(=O)O)CCC2)n1. The zero-order valence-electron chi connectivity index (χ0n) is 10.1. The van der Waals surface area contributed by atoms with Gasteiger partial charge in [0, 0.05) is 19.3 Å². The summed E-state index contributed by atoms with van der Waals surface area (Å²) in [5.41, 5.74) is -0.593. The zero-order chi connectivity index (χ0) is 13.2. The maximum Gasteiger partial charge on any atom is 0.320 e. The van der Waals surface area contributed by atoms with Gasteiger partial charge < -0.3 is 10.4 Å². The summed E-state index contributed by atoms with van der Waals surface area (Å²) in [5.74, 6) is -0.451. The summed E-state index contributed by atoms with van der Waals surface area (Å²) in [4.78, 5) is 22.5. The number of aromatic nitrogens is 2. The minimum Gasteiger partial charge on any atom is -0.481 e. The Kier molecular flexibility index (Phi) is 3.22. The van der Waals surface area contributed by atoms with Crippen LogP contribution in [0.3, 0.4) is 0 Å². The number of urea groups is 1. The average Bonchev–Trinajstić information content (AvgIpc) is 2.59. The number of carboxylic acids is 1. The van der Waals surface area contributed by atoms with Crippen LogP contribution in [0, 0.1) is 0 Å². The van der Waals surface area contributed by atoms with Gasteiger partial charge in [0.1, 0.15) is 0 Å². The predicted molar refractivity (Wildman–Crippen MR) is 64.2 cm³/mol. The van der Waals surface area contributed by atoms with Crippen molar-refractivity contribution >= 4 is 17.8 Å². The molecule has 0 aromatic carbocycles. The maximum absolute atomic E-state index is 11.7. The summed E-state index contributed by atoms with van der Waals surface area (Å²) >= 11 is 0. The molecule has 0 aliphatic heterocycles. The molecule has 1 heterocycles. The number of hydrogen-bond donors (Lipinski definition) is 3. The second-order valence-corrected chi connectivity index (χ2v) is 4.66. The Morgan fingerprint density at radius 3 is 2.72 bits per heavy atom. The third-order valence-corrected chi connectivity index (χ3v) is 3.13. The molecular formula is C11H16N4O3. The van der Waals surface area contributed by atoms with Gasteiger partial charge in [0.2, 0.25) is 0 Å². The van der Waals surface area contributed by atoms with E-state index < -0.39 is 17.5 Å². The molecule has 2 rings (SSSR count). The average molecular weight is 252 g/mol. The largest absolute Gasteiger partial charge is 0.481 e. The molecule has 1 saturated carbocycles. The number of rotatable bonds is 4. The predicted octanol–water partition coefficient (Wildman–Crippen LogP) is 0.939. The summed E-state index contributed by atoms with van der Waals surface area (Å²) in [7, 11) is 1.75. The molecule has 0 bridgehead atoms. The van der Waals surface area contributed by atoms with E-state index in [9.17, 15) is 9.59 Å². The van der Waals surface area contributed by atoms with Crippen LogP contribution in [0.4, 0.5) is 10.6 Å². The van der Waals surface area contributed by atoms with Crippen LogP contribution >= 0.6 is 0 Å². The van der Waals surface area contributed by atoms with Crippen LogP contribution in [0.1, 0.15) is 25.7 Å². The minimum atomic E-state index is -0.896. The van der Waals surface area contributed by atoms with Gasteiger partial charge in [0.25, 0.3) is 0 Å². The van der Waals surface area contributed by atoms with Gasteiger partial charge in [-0.15, -0.1) is 0 Å². The fraction of sp³-hybridized carbons (Fsp3) is 0.545. The van der Waals surface area contributed by atoms with Crippen LogP contribution in [0.15, 0.2) is 12.3 Å². The number of nitrogens with zero attached hydrogens (tertiary/aromatic N) is 2. The Morgan fingerprint density at radius 2 is 2.28 bits per heavy atom.